The van der Waals surface area contributed by atoms with Gasteiger partial charge in [0.25, 0.3) is 0 Å². The smallest absolute Gasteiger partial charge is 0.0445 e. The van der Waals surface area contributed by atoms with E-state index in [4.69, 9.17) is 10.2 Å². The van der Waals surface area contributed by atoms with Crippen LogP contribution >= 0.6 is 0 Å². The topological polar surface area (TPSA) is 43.7 Å². The average molecular weight is 189 g/mol. The Bertz CT molecular complexity index is 107. The van der Waals surface area contributed by atoms with Crippen molar-refractivity contribution in [1.82, 2.24) is 4.90 Å². The molecule has 0 heterocycles. The van der Waals surface area contributed by atoms with Crippen LogP contribution in [0.15, 0.2) is 0 Å². The molecule has 0 radical (unpaired) electrons. The summed E-state index contributed by atoms with van der Waals surface area (Å²) in [6.45, 7) is 7.80. The first kappa shape index (κ1) is 12.9. The van der Waals surface area contributed by atoms with Crippen LogP contribution in [0, 0.1) is 0 Å². The summed E-state index contributed by atoms with van der Waals surface area (Å²) >= 11 is 0. The molecule has 0 aromatic rings. The van der Waals surface area contributed by atoms with Crippen LogP contribution < -0.4 is 0 Å². The zero-order chi connectivity index (χ0) is 10.3. The molecule has 3 heteroatoms. The SMILES string of the molecule is CCN(C(C)CCO)C(C)CCO. The van der Waals surface area contributed by atoms with Crippen molar-refractivity contribution in [1.29, 1.82) is 0 Å². The molecule has 2 N–H and O–H groups in total. The second kappa shape index (κ2) is 7.30. The summed E-state index contributed by atoms with van der Waals surface area (Å²) in [5.74, 6) is 0. The molecule has 0 amide bonds. The molecule has 0 fully saturated rings. The van der Waals surface area contributed by atoms with Crippen LogP contribution in [0.3, 0.4) is 0 Å². The summed E-state index contributed by atoms with van der Waals surface area (Å²) in [5, 5.41) is 17.6. The van der Waals surface area contributed by atoms with Gasteiger partial charge in [0.1, 0.15) is 0 Å². The van der Waals surface area contributed by atoms with E-state index in [-0.39, 0.29) is 13.2 Å². The molecule has 0 spiro atoms. The third kappa shape index (κ3) is 4.60. The van der Waals surface area contributed by atoms with Crippen molar-refractivity contribution >= 4 is 0 Å². The van der Waals surface area contributed by atoms with Gasteiger partial charge in [-0.3, -0.25) is 4.90 Å². The molecule has 13 heavy (non-hydrogen) atoms. The molecule has 0 aliphatic heterocycles. The van der Waals surface area contributed by atoms with E-state index in [1.807, 2.05) is 0 Å². The number of aliphatic hydroxyl groups excluding tert-OH is 2. The Morgan fingerprint density at radius 2 is 1.38 bits per heavy atom. The Morgan fingerprint density at radius 1 is 1.00 bits per heavy atom. The van der Waals surface area contributed by atoms with Crippen LogP contribution in [0.4, 0.5) is 0 Å². The van der Waals surface area contributed by atoms with Gasteiger partial charge in [-0.15, -0.1) is 0 Å². The van der Waals surface area contributed by atoms with Crippen molar-refractivity contribution in [3.63, 3.8) is 0 Å². The largest absolute Gasteiger partial charge is 0.396 e. The number of rotatable bonds is 7. The molecule has 80 valence electrons. The van der Waals surface area contributed by atoms with Crippen molar-refractivity contribution in [2.24, 2.45) is 0 Å². The van der Waals surface area contributed by atoms with Gasteiger partial charge in [0, 0.05) is 25.3 Å². The van der Waals surface area contributed by atoms with Gasteiger partial charge in [0.05, 0.1) is 0 Å². The third-order valence-corrected chi connectivity index (χ3v) is 2.59. The molecule has 2 unspecified atom stereocenters. The zero-order valence-electron chi connectivity index (χ0n) is 9.03. The predicted octanol–water partition coefficient (Wildman–Crippen LogP) is 0.850. The van der Waals surface area contributed by atoms with Crippen LogP contribution in [-0.4, -0.2) is 47.0 Å². The molecule has 0 saturated carbocycles. The van der Waals surface area contributed by atoms with Crippen LogP contribution in [0.25, 0.3) is 0 Å². The van der Waals surface area contributed by atoms with Gasteiger partial charge in [-0.2, -0.15) is 0 Å². The molecule has 3 nitrogen and oxygen atoms in total. The van der Waals surface area contributed by atoms with Crippen molar-refractivity contribution < 1.29 is 10.2 Å². The van der Waals surface area contributed by atoms with Crippen molar-refractivity contribution in [2.45, 2.75) is 45.7 Å². The normalized spacial score (nSPS) is 16.2. The number of hydrogen-bond donors (Lipinski definition) is 2. The summed E-state index contributed by atoms with van der Waals surface area (Å²) < 4.78 is 0. The number of aliphatic hydroxyl groups is 2. The van der Waals surface area contributed by atoms with Gasteiger partial charge >= 0.3 is 0 Å². The van der Waals surface area contributed by atoms with Crippen LogP contribution in [0.5, 0.6) is 0 Å². The Kier molecular flexibility index (Phi) is 7.23. The maximum absolute atomic E-state index is 8.82. The van der Waals surface area contributed by atoms with Gasteiger partial charge in [-0.05, 0) is 33.2 Å². The quantitative estimate of drug-likeness (QED) is 0.624. The summed E-state index contributed by atoms with van der Waals surface area (Å²) in [4.78, 5) is 2.31. The lowest BCUT2D eigenvalue weighted by molar-refractivity contribution is 0.114. The molecule has 0 aliphatic rings. The fraction of sp³-hybridized carbons (Fsp3) is 1.00. The number of hydrogen-bond acceptors (Lipinski definition) is 3. The molecular weight excluding hydrogens is 166 g/mol. The van der Waals surface area contributed by atoms with Crippen LogP contribution in [-0.2, 0) is 0 Å². The first-order chi connectivity index (χ1) is 6.17. The van der Waals surface area contributed by atoms with E-state index < -0.39 is 0 Å². The Morgan fingerprint density at radius 3 is 1.62 bits per heavy atom. The Hall–Kier alpha value is -0.120. The lowest BCUT2D eigenvalue weighted by Gasteiger charge is -2.33. The lowest BCUT2D eigenvalue weighted by atomic mass is 10.1. The molecule has 0 saturated heterocycles. The third-order valence-electron chi connectivity index (χ3n) is 2.59. The molecular formula is C10H23NO2. The summed E-state index contributed by atoms with van der Waals surface area (Å²) in [5.41, 5.74) is 0. The average Bonchev–Trinajstić information content (AvgIpc) is 2.06. The highest BCUT2D eigenvalue weighted by Gasteiger charge is 2.17. The fourth-order valence-electron chi connectivity index (χ4n) is 1.76. The highest BCUT2D eigenvalue weighted by atomic mass is 16.3. The Labute approximate surface area is 81.4 Å². The lowest BCUT2D eigenvalue weighted by Crippen LogP contribution is -2.41. The van der Waals surface area contributed by atoms with E-state index in [1.165, 1.54) is 0 Å². The fourth-order valence-corrected chi connectivity index (χ4v) is 1.76. The van der Waals surface area contributed by atoms with Gasteiger partial charge in [0.15, 0.2) is 0 Å². The summed E-state index contributed by atoms with van der Waals surface area (Å²) in [7, 11) is 0. The van der Waals surface area contributed by atoms with Gasteiger partial charge < -0.3 is 10.2 Å². The minimum absolute atomic E-state index is 0.240. The second-order valence-electron chi connectivity index (χ2n) is 3.55. The first-order valence-electron chi connectivity index (χ1n) is 5.14. The van der Waals surface area contributed by atoms with Crippen LogP contribution in [0.1, 0.15) is 33.6 Å². The standard InChI is InChI=1S/C10H23NO2/c1-4-11(9(2)5-7-12)10(3)6-8-13/h9-10,12-13H,4-8H2,1-3H3. The first-order valence-corrected chi connectivity index (χ1v) is 5.14. The zero-order valence-corrected chi connectivity index (χ0v) is 9.03. The van der Waals surface area contributed by atoms with Crippen molar-refractivity contribution in [2.75, 3.05) is 19.8 Å². The highest BCUT2D eigenvalue weighted by Crippen LogP contribution is 2.10. The summed E-state index contributed by atoms with van der Waals surface area (Å²) in [6, 6.07) is 0.799. The van der Waals surface area contributed by atoms with Crippen molar-refractivity contribution in [3.8, 4) is 0 Å². The van der Waals surface area contributed by atoms with E-state index in [0.717, 1.165) is 19.4 Å². The van der Waals surface area contributed by atoms with Gasteiger partial charge in [-0.25, -0.2) is 0 Å². The monoisotopic (exact) mass is 189 g/mol. The van der Waals surface area contributed by atoms with E-state index in [9.17, 15) is 0 Å². The molecule has 0 bridgehead atoms. The predicted molar refractivity (Wildman–Crippen MR) is 54.7 cm³/mol. The minimum Gasteiger partial charge on any atom is -0.396 e. The minimum atomic E-state index is 0.240. The van der Waals surface area contributed by atoms with E-state index >= 15 is 0 Å². The molecule has 0 aromatic heterocycles. The number of nitrogens with zero attached hydrogens (tertiary/aromatic N) is 1. The van der Waals surface area contributed by atoms with Crippen molar-refractivity contribution in [3.05, 3.63) is 0 Å². The molecule has 0 aliphatic carbocycles. The second-order valence-corrected chi connectivity index (χ2v) is 3.55. The molecule has 0 aromatic carbocycles. The van der Waals surface area contributed by atoms with Crippen LogP contribution in [0.2, 0.25) is 0 Å². The molecule has 0 rings (SSSR count). The Balaban J connectivity index is 3.98. The highest BCUT2D eigenvalue weighted by molar-refractivity contribution is 4.72. The van der Waals surface area contributed by atoms with E-state index in [0.29, 0.717) is 12.1 Å². The molecule has 2 atom stereocenters. The van der Waals surface area contributed by atoms with E-state index in [2.05, 4.69) is 25.7 Å². The van der Waals surface area contributed by atoms with Gasteiger partial charge in [0.2, 0.25) is 0 Å². The van der Waals surface area contributed by atoms with Gasteiger partial charge in [-0.1, -0.05) is 6.92 Å². The summed E-state index contributed by atoms with van der Waals surface area (Å²) in [6.07, 6.45) is 1.62. The maximum atomic E-state index is 8.82. The van der Waals surface area contributed by atoms with E-state index in [1.54, 1.807) is 0 Å². The maximum Gasteiger partial charge on any atom is 0.0445 e.